The van der Waals surface area contributed by atoms with Crippen molar-refractivity contribution in [2.45, 2.75) is 25.3 Å². The van der Waals surface area contributed by atoms with Crippen molar-refractivity contribution in [3.05, 3.63) is 65.5 Å². The second-order valence-corrected chi connectivity index (χ2v) is 5.63. The molecule has 21 heavy (non-hydrogen) atoms. The van der Waals surface area contributed by atoms with Gasteiger partial charge >= 0.3 is 0 Å². The van der Waals surface area contributed by atoms with E-state index in [1.54, 1.807) is 18.2 Å². The first-order valence-electron chi connectivity index (χ1n) is 7.14. The number of rotatable bonds is 2. The number of benzene rings is 2. The van der Waals surface area contributed by atoms with Gasteiger partial charge in [-0.3, -0.25) is 0 Å². The molecule has 0 bridgehead atoms. The zero-order valence-corrected chi connectivity index (χ0v) is 12.4. The highest BCUT2D eigenvalue weighted by Gasteiger charge is 2.20. The topological polar surface area (TPSA) is 24.1 Å². The summed E-state index contributed by atoms with van der Waals surface area (Å²) in [5.74, 6) is -0.300. The van der Waals surface area contributed by atoms with Crippen LogP contribution in [0, 0.1) is 5.82 Å². The molecule has 0 radical (unpaired) electrons. The summed E-state index contributed by atoms with van der Waals surface area (Å²) in [4.78, 5) is 0. The number of hydrogen-bond acceptors (Lipinski definition) is 1. The van der Waals surface area contributed by atoms with Crippen LogP contribution in [0.4, 0.5) is 10.1 Å². The Bertz CT molecular complexity index is 657. The second-order valence-electron chi connectivity index (χ2n) is 5.22. The first kappa shape index (κ1) is 14.0. The van der Waals surface area contributed by atoms with Crippen LogP contribution in [0.1, 0.15) is 30.0 Å². The standard InChI is InChI=1S/C17H17FN2S/c18-14-9-3-4-10-16(14)20-17(21)19-15-11-5-7-12-6-1-2-8-13(12)15/h1-4,6,8-10,15H,5,7,11H2,(H2,19,20,21)/t15-/m0/s1. The molecule has 0 spiro atoms. The molecule has 0 aliphatic heterocycles. The minimum absolute atomic E-state index is 0.196. The highest BCUT2D eigenvalue weighted by molar-refractivity contribution is 7.80. The summed E-state index contributed by atoms with van der Waals surface area (Å²) in [6, 6.07) is 15.1. The molecule has 2 N–H and O–H groups in total. The maximum absolute atomic E-state index is 13.6. The van der Waals surface area contributed by atoms with Gasteiger partial charge in [-0.25, -0.2) is 4.39 Å². The van der Waals surface area contributed by atoms with Crippen molar-refractivity contribution in [3.63, 3.8) is 0 Å². The number of halogens is 1. The van der Waals surface area contributed by atoms with E-state index in [4.69, 9.17) is 12.2 Å². The van der Waals surface area contributed by atoms with Crippen molar-refractivity contribution in [1.82, 2.24) is 5.32 Å². The Balaban J connectivity index is 1.70. The lowest BCUT2D eigenvalue weighted by atomic mass is 9.88. The molecule has 3 rings (SSSR count). The summed E-state index contributed by atoms with van der Waals surface area (Å²) >= 11 is 5.32. The van der Waals surface area contributed by atoms with Crippen molar-refractivity contribution < 1.29 is 4.39 Å². The number of aryl methyl sites for hydroxylation is 1. The monoisotopic (exact) mass is 300 g/mol. The molecule has 0 amide bonds. The summed E-state index contributed by atoms with van der Waals surface area (Å²) in [5.41, 5.74) is 3.07. The van der Waals surface area contributed by atoms with E-state index in [9.17, 15) is 4.39 Å². The van der Waals surface area contributed by atoms with E-state index in [2.05, 4.69) is 28.8 Å². The average Bonchev–Trinajstić information content (AvgIpc) is 2.50. The fourth-order valence-electron chi connectivity index (χ4n) is 2.78. The van der Waals surface area contributed by atoms with Crippen LogP contribution in [-0.4, -0.2) is 5.11 Å². The van der Waals surface area contributed by atoms with Crippen molar-refractivity contribution in [1.29, 1.82) is 0 Å². The number of hydrogen-bond donors (Lipinski definition) is 2. The SMILES string of the molecule is Fc1ccccc1NC(=S)N[C@H]1CCCc2ccccc21. The van der Waals surface area contributed by atoms with E-state index >= 15 is 0 Å². The minimum atomic E-state index is -0.300. The quantitative estimate of drug-likeness (QED) is 0.813. The Hall–Kier alpha value is -1.94. The summed E-state index contributed by atoms with van der Waals surface area (Å²) < 4.78 is 13.6. The van der Waals surface area contributed by atoms with E-state index in [1.807, 2.05) is 6.07 Å². The third kappa shape index (κ3) is 3.22. The lowest BCUT2D eigenvalue weighted by Crippen LogP contribution is -2.34. The van der Waals surface area contributed by atoms with Crippen molar-refractivity contribution in [2.75, 3.05) is 5.32 Å². The molecule has 2 aromatic rings. The predicted molar refractivity (Wildman–Crippen MR) is 87.9 cm³/mol. The van der Waals surface area contributed by atoms with Gasteiger partial charge in [0.05, 0.1) is 11.7 Å². The van der Waals surface area contributed by atoms with Gasteiger partial charge in [-0.2, -0.15) is 0 Å². The first-order chi connectivity index (χ1) is 10.2. The van der Waals surface area contributed by atoms with Crippen LogP contribution < -0.4 is 10.6 Å². The van der Waals surface area contributed by atoms with Crippen LogP contribution >= 0.6 is 12.2 Å². The Labute approximate surface area is 129 Å². The summed E-state index contributed by atoms with van der Waals surface area (Å²) in [6.07, 6.45) is 3.29. The molecule has 0 fully saturated rings. The lowest BCUT2D eigenvalue weighted by molar-refractivity contribution is 0.529. The van der Waals surface area contributed by atoms with Crippen molar-refractivity contribution >= 4 is 23.0 Å². The molecular formula is C17H17FN2S. The predicted octanol–water partition coefficient (Wildman–Crippen LogP) is 4.19. The summed E-state index contributed by atoms with van der Waals surface area (Å²) in [5, 5.41) is 6.70. The molecule has 2 aromatic carbocycles. The molecule has 4 heteroatoms. The van der Waals surface area contributed by atoms with Gasteiger partial charge in [-0.05, 0) is 54.7 Å². The molecule has 0 saturated carbocycles. The smallest absolute Gasteiger partial charge is 0.171 e. The molecule has 0 saturated heterocycles. The molecule has 1 atom stereocenters. The zero-order valence-electron chi connectivity index (χ0n) is 11.6. The lowest BCUT2D eigenvalue weighted by Gasteiger charge is -2.27. The van der Waals surface area contributed by atoms with Crippen molar-refractivity contribution in [3.8, 4) is 0 Å². The normalized spacial score (nSPS) is 16.9. The Morgan fingerprint density at radius 2 is 1.86 bits per heavy atom. The zero-order chi connectivity index (χ0) is 14.7. The van der Waals surface area contributed by atoms with Gasteiger partial charge in [0, 0.05) is 0 Å². The molecule has 2 nitrogen and oxygen atoms in total. The van der Waals surface area contributed by atoms with E-state index in [-0.39, 0.29) is 11.9 Å². The first-order valence-corrected chi connectivity index (χ1v) is 7.55. The Morgan fingerprint density at radius 1 is 1.10 bits per heavy atom. The van der Waals surface area contributed by atoms with E-state index < -0.39 is 0 Å². The fraction of sp³-hybridized carbons (Fsp3) is 0.235. The number of fused-ring (bicyclic) bond motifs is 1. The average molecular weight is 300 g/mol. The van der Waals surface area contributed by atoms with E-state index in [0.29, 0.717) is 10.8 Å². The molecule has 0 heterocycles. The van der Waals surface area contributed by atoms with Crippen molar-refractivity contribution in [2.24, 2.45) is 0 Å². The maximum atomic E-state index is 13.6. The number of para-hydroxylation sites is 1. The molecule has 0 aromatic heterocycles. The van der Waals surface area contributed by atoms with Crippen LogP contribution in [0.2, 0.25) is 0 Å². The summed E-state index contributed by atoms with van der Waals surface area (Å²) in [6.45, 7) is 0. The van der Waals surface area contributed by atoms with Crippen LogP contribution in [0.25, 0.3) is 0 Å². The third-order valence-electron chi connectivity index (χ3n) is 3.80. The largest absolute Gasteiger partial charge is 0.356 e. The van der Waals surface area contributed by atoms with Gasteiger partial charge in [-0.15, -0.1) is 0 Å². The van der Waals surface area contributed by atoms with Gasteiger partial charge in [0.25, 0.3) is 0 Å². The van der Waals surface area contributed by atoms with Gasteiger partial charge in [-0.1, -0.05) is 36.4 Å². The second kappa shape index (κ2) is 6.22. The van der Waals surface area contributed by atoms with Crippen LogP contribution in [0.5, 0.6) is 0 Å². The maximum Gasteiger partial charge on any atom is 0.171 e. The van der Waals surface area contributed by atoms with E-state index in [0.717, 1.165) is 19.3 Å². The number of nitrogens with one attached hydrogen (secondary N) is 2. The van der Waals surface area contributed by atoms with Gasteiger partial charge < -0.3 is 10.6 Å². The third-order valence-corrected chi connectivity index (χ3v) is 4.02. The van der Waals surface area contributed by atoms with E-state index in [1.165, 1.54) is 17.2 Å². The minimum Gasteiger partial charge on any atom is -0.356 e. The molecule has 0 unspecified atom stereocenters. The molecular weight excluding hydrogens is 283 g/mol. The van der Waals surface area contributed by atoms with Crippen LogP contribution in [-0.2, 0) is 6.42 Å². The molecule has 1 aliphatic rings. The van der Waals surface area contributed by atoms with Gasteiger partial charge in [0.2, 0.25) is 0 Å². The molecule has 1 aliphatic carbocycles. The van der Waals surface area contributed by atoms with Gasteiger partial charge in [0.15, 0.2) is 5.11 Å². The van der Waals surface area contributed by atoms with Gasteiger partial charge in [0.1, 0.15) is 5.82 Å². The Morgan fingerprint density at radius 3 is 2.71 bits per heavy atom. The number of thiocarbonyl (C=S) groups is 1. The summed E-state index contributed by atoms with van der Waals surface area (Å²) in [7, 11) is 0. The highest BCUT2D eigenvalue weighted by atomic mass is 32.1. The fourth-order valence-corrected chi connectivity index (χ4v) is 3.04. The van der Waals surface area contributed by atoms with Crippen LogP contribution in [0.15, 0.2) is 48.5 Å². The number of anilines is 1. The Kier molecular flexibility index (Phi) is 4.15. The highest BCUT2D eigenvalue weighted by Crippen LogP contribution is 2.29. The van der Waals surface area contributed by atoms with Crippen LogP contribution in [0.3, 0.4) is 0 Å². The molecule has 108 valence electrons.